The first-order valence-corrected chi connectivity index (χ1v) is 7.75. The maximum Gasteiger partial charge on any atom is 0.181 e. The molecule has 3 rings (SSSR count). The molecule has 1 aliphatic heterocycles. The Labute approximate surface area is 130 Å². The number of aromatic amines is 1. The number of H-pyrrole nitrogens is 1. The first kappa shape index (κ1) is 15.0. The highest BCUT2D eigenvalue weighted by Gasteiger charge is 2.18. The van der Waals surface area contributed by atoms with Gasteiger partial charge in [-0.2, -0.15) is 5.10 Å². The number of hydrogen-bond donors (Lipinski definition) is 2. The molecule has 0 aliphatic carbocycles. The number of rotatable bonds is 4. The van der Waals surface area contributed by atoms with Gasteiger partial charge in [-0.1, -0.05) is 0 Å². The summed E-state index contributed by atoms with van der Waals surface area (Å²) in [4.78, 5) is 6.73. The van der Waals surface area contributed by atoms with Crippen LogP contribution in [0.1, 0.15) is 31.6 Å². The molecule has 1 unspecified atom stereocenters. The van der Waals surface area contributed by atoms with Gasteiger partial charge in [-0.25, -0.2) is 4.98 Å². The summed E-state index contributed by atoms with van der Waals surface area (Å²) in [5.41, 5.74) is 6.74. The van der Waals surface area contributed by atoms with Gasteiger partial charge in [0.2, 0.25) is 0 Å². The van der Waals surface area contributed by atoms with Gasteiger partial charge in [-0.3, -0.25) is 5.10 Å². The summed E-state index contributed by atoms with van der Waals surface area (Å²) in [7, 11) is 2.15. The van der Waals surface area contributed by atoms with Crippen molar-refractivity contribution < 1.29 is 4.74 Å². The number of piperidine rings is 1. The lowest BCUT2D eigenvalue weighted by Gasteiger charge is -2.29. The van der Waals surface area contributed by atoms with Crippen LogP contribution in [0, 0.1) is 0 Å². The van der Waals surface area contributed by atoms with E-state index in [4.69, 9.17) is 10.5 Å². The fourth-order valence-corrected chi connectivity index (χ4v) is 2.58. The number of nitrogens with zero attached hydrogens (tertiary/aromatic N) is 3. The Bertz CT molecular complexity index is 599. The number of nitrogens with one attached hydrogen (secondary N) is 1. The smallest absolute Gasteiger partial charge is 0.181 e. The van der Waals surface area contributed by atoms with Crippen LogP contribution in [-0.2, 0) is 0 Å². The molecule has 1 saturated heterocycles. The van der Waals surface area contributed by atoms with E-state index in [1.807, 2.05) is 31.2 Å². The second kappa shape index (κ2) is 6.46. The average molecular weight is 301 g/mol. The van der Waals surface area contributed by atoms with Crippen molar-refractivity contribution in [1.82, 2.24) is 20.1 Å². The Morgan fingerprint density at radius 3 is 2.55 bits per heavy atom. The topological polar surface area (TPSA) is 80.1 Å². The molecule has 3 N–H and O–H groups in total. The fourth-order valence-electron chi connectivity index (χ4n) is 2.58. The molecule has 0 amide bonds. The highest BCUT2D eigenvalue weighted by molar-refractivity contribution is 5.55. The molecule has 1 aromatic carbocycles. The van der Waals surface area contributed by atoms with Crippen molar-refractivity contribution >= 4 is 0 Å². The number of likely N-dealkylation sites (tertiary alicyclic amines) is 1. The van der Waals surface area contributed by atoms with Gasteiger partial charge in [0, 0.05) is 18.7 Å². The quantitative estimate of drug-likeness (QED) is 0.902. The van der Waals surface area contributed by atoms with Crippen LogP contribution in [0.15, 0.2) is 24.3 Å². The standard InChI is InChI=1S/C16H23N5O/c1-11(17)15-18-16(20-19-15)12-3-5-13(6-4-12)22-14-7-9-21(2)10-8-14/h3-6,11,14H,7-10,17H2,1-2H3,(H,18,19,20). The van der Waals surface area contributed by atoms with Gasteiger partial charge in [0.25, 0.3) is 0 Å². The number of aromatic nitrogens is 3. The van der Waals surface area contributed by atoms with Crippen molar-refractivity contribution in [2.45, 2.75) is 31.9 Å². The van der Waals surface area contributed by atoms with E-state index in [9.17, 15) is 0 Å². The highest BCUT2D eigenvalue weighted by atomic mass is 16.5. The fraction of sp³-hybridized carbons (Fsp3) is 0.500. The minimum Gasteiger partial charge on any atom is -0.490 e. The highest BCUT2D eigenvalue weighted by Crippen LogP contribution is 2.23. The summed E-state index contributed by atoms with van der Waals surface area (Å²) in [5, 5.41) is 7.07. The van der Waals surface area contributed by atoms with E-state index >= 15 is 0 Å². The van der Waals surface area contributed by atoms with Crippen LogP contribution in [-0.4, -0.2) is 46.3 Å². The molecule has 0 bridgehead atoms. The second-order valence-corrected chi connectivity index (χ2v) is 5.98. The molecule has 6 heteroatoms. The molecule has 0 spiro atoms. The maximum absolute atomic E-state index is 6.04. The molecular weight excluding hydrogens is 278 g/mol. The van der Waals surface area contributed by atoms with Crippen molar-refractivity contribution in [1.29, 1.82) is 0 Å². The molecule has 1 atom stereocenters. The lowest BCUT2D eigenvalue weighted by Crippen LogP contribution is -2.35. The van der Waals surface area contributed by atoms with Gasteiger partial charge < -0.3 is 15.4 Å². The zero-order chi connectivity index (χ0) is 15.5. The SMILES string of the molecule is CC(N)c1nc(-c2ccc(OC3CCN(C)CC3)cc2)n[nH]1. The van der Waals surface area contributed by atoms with Crippen LogP contribution in [0.2, 0.25) is 0 Å². The first-order chi connectivity index (χ1) is 10.6. The summed E-state index contributed by atoms with van der Waals surface area (Å²) >= 11 is 0. The van der Waals surface area contributed by atoms with E-state index in [2.05, 4.69) is 27.1 Å². The van der Waals surface area contributed by atoms with Gasteiger partial charge in [-0.15, -0.1) is 0 Å². The lowest BCUT2D eigenvalue weighted by atomic mass is 10.1. The van der Waals surface area contributed by atoms with E-state index in [1.165, 1.54) is 0 Å². The molecule has 1 aliphatic rings. The van der Waals surface area contributed by atoms with Crippen molar-refractivity contribution in [2.24, 2.45) is 5.73 Å². The Hall–Kier alpha value is -1.92. The van der Waals surface area contributed by atoms with Gasteiger partial charge in [0.1, 0.15) is 17.7 Å². The molecule has 6 nitrogen and oxygen atoms in total. The number of nitrogens with two attached hydrogens (primary N) is 1. The van der Waals surface area contributed by atoms with E-state index in [0.29, 0.717) is 17.8 Å². The monoisotopic (exact) mass is 301 g/mol. The molecule has 118 valence electrons. The molecule has 1 aromatic heterocycles. The van der Waals surface area contributed by atoms with Crippen LogP contribution in [0.3, 0.4) is 0 Å². The molecule has 2 heterocycles. The predicted molar refractivity (Wildman–Crippen MR) is 85.6 cm³/mol. The zero-order valence-electron chi connectivity index (χ0n) is 13.1. The third-order valence-corrected chi connectivity index (χ3v) is 4.01. The van der Waals surface area contributed by atoms with E-state index in [0.717, 1.165) is 37.2 Å². The van der Waals surface area contributed by atoms with Crippen LogP contribution in [0.4, 0.5) is 0 Å². The summed E-state index contributed by atoms with van der Waals surface area (Å²) in [5.74, 6) is 2.26. The van der Waals surface area contributed by atoms with Gasteiger partial charge >= 0.3 is 0 Å². The van der Waals surface area contributed by atoms with Crippen LogP contribution < -0.4 is 10.5 Å². The molecule has 0 saturated carbocycles. The van der Waals surface area contributed by atoms with Crippen molar-refractivity contribution in [3.63, 3.8) is 0 Å². The molecule has 0 radical (unpaired) electrons. The van der Waals surface area contributed by atoms with E-state index in [-0.39, 0.29) is 6.04 Å². The number of ether oxygens (including phenoxy) is 1. The van der Waals surface area contributed by atoms with Gasteiger partial charge in [0.05, 0.1) is 6.04 Å². The number of benzene rings is 1. The minimum atomic E-state index is -0.145. The first-order valence-electron chi connectivity index (χ1n) is 7.75. The molecular formula is C16H23N5O. The van der Waals surface area contributed by atoms with Crippen LogP contribution >= 0.6 is 0 Å². The summed E-state index contributed by atoms with van der Waals surface area (Å²) < 4.78 is 6.04. The Kier molecular flexibility index (Phi) is 4.40. The summed E-state index contributed by atoms with van der Waals surface area (Å²) in [6.07, 6.45) is 2.48. The second-order valence-electron chi connectivity index (χ2n) is 5.98. The number of hydrogen-bond acceptors (Lipinski definition) is 5. The van der Waals surface area contributed by atoms with Gasteiger partial charge in [-0.05, 0) is 51.1 Å². The summed E-state index contributed by atoms with van der Waals surface area (Å²) in [6, 6.07) is 7.79. The van der Waals surface area contributed by atoms with Crippen LogP contribution in [0.25, 0.3) is 11.4 Å². The molecule has 2 aromatic rings. The van der Waals surface area contributed by atoms with Crippen LogP contribution in [0.5, 0.6) is 5.75 Å². The normalized spacial score (nSPS) is 18.3. The van der Waals surface area contributed by atoms with E-state index in [1.54, 1.807) is 0 Å². The van der Waals surface area contributed by atoms with Crippen molar-refractivity contribution in [2.75, 3.05) is 20.1 Å². The van der Waals surface area contributed by atoms with Crippen molar-refractivity contribution in [3.8, 4) is 17.1 Å². The zero-order valence-corrected chi connectivity index (χ0v) is 13.1. The Morgan fingerprint density at radius 1 is 1.27 bits per heavy atom. The van der Waals surface area contributed by atoms with Crippen molar-refractivity contribution in [3.05, 3.63) is 30.1 Å². The van der Waals surface area contributed by atoms with E-state index < -0.39 is 0 Å². The minimum absolute atomic E-state index is 0.145. The third kappa shape index (κ3) is 3.45. The molecule has 22 heavy (non-hydrogen) atoms. The lowest BCUT2D eigenvalue weighted by molar-refractivity contribution is 0.114. The maximum atomic E-state index is 6.04. The summed E-state index contributed by atoms with van der Waals surface area (Å²) in [6.45, 7) is 4.07. The predicted octanol–water partition coefficient (Wildman–Crippen LogP) is 1.96. The van der Waals surface area contributed by atoms with Gasteiger partial charge in [0.15, 0.2) is 5.82 Å². The molecule has 1 fully saturated rings. The Balaban J connectivity index is 1.64. The Morgan fingerprint density at radius 2 is 1.95 bits per heavy atom. The average Bonchev–Trinajstić information content (AvgIpc) is 3.00. The largest absolute Gasteiger partial charge is 0.490 e. The third-order valence-electron chi connectivity index (χ3n) is 4.01.